The average molecular weight is 505 g/mol. The first-order chi connectivity index (χ1) is 12.4. The van der Waals surface area contributed by atoms with E-state index in [1.165, 1.54) is 38.9 Å². The molecule has 4 rings (SSSR count). The van der Waals surface area contributed by atoms with Gasteiger partial charge >= 0.3 is 26.2 Å². The Morgan fingerprint density at radius 3 is 2.17 bits per heavy atom. The van der Waals surface area contributed by atoms with Crippen molar-refractivity contribution in [3.63, 3.8) is 0 Å². The fraction of sp³-hybridized carbons (Fsp3) is 0.346. The van der Waals surface area contributed by atoms with Gasteiger partial charge in [-0.3, -0.25) is 0 Å². The molecule has 0 radical (unpaired) electrons. The van der Waals surface area contributed by atoms with Crippen molar-refractivity contribution < 1.29 is 51.0 Å². The second-order valence-corrected chi connectivity index (χ2v) is 8.16. The summed E-state index contributed by atoms with van der Waals surface area (Å²) in [6, 6.07) is 22.8. The van der Waals surface area contributed by atoms with Crippen LogP contribution in [0.25, 0.3) is 11.1 Å². The van der Waals surface area contributed by atoms with Crippen molar-refractivity contribution >= 4 is 0 Å². The van der Waals surface area contributed by atoms with Gasteiger partial charge in [0, 0.05) is 0 Å². The Balaban J connectivity index is 0.000000490. The van der Waals surface area contributed by atoms with E-state index in [0.717, 1.165) is 19.3 Å². The van der Waals surface area contributed by atoms with Crippen LogP contribution in [0.3, 0.4) is 0 Å². The number of rotatable bonds is 2. The summed E-state index contributed by atoms with van der Waals surface area (Å²) in [6.45, 7) is 11.3. The maximum Gasteiger partial charge on any atom is 4.00 e. The summed E-state index contributed by atoms with van der Waals surface area (Å²) < 4.78 is 0. The van der Waals surface area contributed by atoms with Gasteiger partial charge in [-0.1, -0.05) is 88.3 Å². The van der Waals surface area contributed by atoms with E-state index < -0.39 is 0 Å². The Morgan fingerprint density at radius 2 is 1.59 bits per heavy atom. The van der Waals surface area contributed by atoms with Crippen LogP contribution < -0.4 is 24.8 Å². The third kappa shape index (κ3) is 6.62. The van der Waals surface area contributed by atoms with E-state index in [2.05, 4.69) is 89.2 Å². The van der Waals surface area contributed by atoms with Crippen LogP contribution >= 0.6 is 0 Å². The second kappa shape index (κ2) is 12.2. The van der Waals surface area contributed by atoms with Gasteiger partial charge in [0.15, 0.2) is 0 Å². The molecule has 0 unspecified atom stereocenters. The van der Waals surface area contributed by atoms with Gasteiger partial charge < -0.3 is 24.8 Å². The number of hydrogen-bond donors (Lipinski definition) is 0. The minimum absolute atomic E-state index is 0. The minimum Gasteiger partial charge on any atom is -1.00 e. The van der Waals surface area contributed by atoms with Gasteiger partial charge in [-0.2, -0.15) is 52.6 Å². The van der Waals surface area contributed by atoms with E-state index in [0.29, 0.717) is 5.41 Å². The maximum absolute atomic E-state index is 3.30. The first kappa shape index (κ1) is 28.3. The molecule has 0 atom stereocenters. The van der Waals surface area contributed by atoms with Crippen LogP contribution in [0, 0.1) is 6.07 Å². The molecule has 0 spiro atoms. The zero-order chi connectivity index (χ0) is 18.7. The fourth-order valence-electron chi connectivity index (χ4n) is 3.81. The topological polar surface area (TPSA) is 0 Å². The number of aryl methyl sites for hydroxylation is 2. The van der Waals surface area contributed by atoms with Crippen LogP contribution in [0.15, 0.2) is 54.6 Å². The Kier molecular flexibility index (Phi) is 11.9. The van der Waals surface area contributed by atoms with Gasteiger partial charge in [0.25, 0.3) is 0 Å². The second-order valence-electron chi connectivity index (χ2n) is 8.16. The zero-order valence-electron chi connectivity index (χ0n) is 18.1. The predicted octanol–water partition coefficient (Wildman–Crippen LogP) is 0.891. The molecule has 0 aromatic heterocycles. The molecule has 0 N–H and O–H groups in total. The molecule has 1 aliphatic carbocycles. The molecule has 0 amide bonds. The molecule has 0 saturated heterocycles. The largest absolute Gasteiger partial charge is 4.00 e. The van der Waals surface area contributed by atoms with Gasteiger partial charge in [-0.25, -0.2) is 6.07 Å². The molecule has 0 aliphatic heterocycles. The molecule has 3 heteroatoms. The third-order valence-electron chi connectivity index (χ3n) is 5.25. The zero-order valence-corrected chi connectivity index (χ0v) is 22.0. The molecule has 0 saturated carbocycles. The van der Waals surface area contributed by atoms with E-state index in [-0.39, 0.29) is 51.0 Å². The number of hydrogen-bond acceptors (Lipinski definition) is 0. The molecular formula is C26H30Cl2Zr. The molecule has 0 heterocycles. The first-order valence-electron chi connectivity index (χ1n) is 9.80. The standard InChI is InChI=1S/C13H9.C13H21.2ClH.Zr/c1-3-7-12-10(5-1)9-11-6-2-4-8-13(11)12;1-6-10-8-11(7-2)12(9-10)13(3,4)5;;;/h1-5,7-8H,9H2;8-9H,6-7H2,1-5H3;2*1H;/q2*-1;;;+4/p-2. The van der Waals surface area contributed by atoms with Crippen LogP contribution in [-0.4, -0.2) is 0 Å². The summed E-state index contributed by atoms with van der Waals surface area (Å²) in [5, 5.41) is 0. The normalized spacial score (nSPS) is 10.9. The van der Waals surface area contributed by atoms with E-state index in [4.69, 9.17) is 0 Å². The van der Waals surface area contributed by atoms with E-state index >= 15 is 0 Å². The number of fused-ring (bicyclic) bond motifs is 3. The SMILES string of the molecule is CCc1cc(C(C)(C)C)c(CC)[cH-]1.[Cl-].[Cl-].[Zr+4].[c-]1cccc2c1Cc1ccccc1-2. The van der Waals surface area contributed by atoms with Crippen molar-refractivity contribution in [1.29, 1.82) is 0 Å². The van der Waals surface area contributed by atoms with Gasteiger partial charge in [-0.05, 0) is 6.42 Å². The molecule has 3 aromatic carbocycles. The summed E-state index contributed by atoms with van der Waals surface area (Å²) in [7, 11) is 0. The molecule has 152 valence electrons. The number of benzene rings is 2. The molecule has 0 nitrogen and oxygen atoms in total. The first-order valence-corrected chi connectivity index (χ1v) is 9.80. The fourth-order valence-corrected chi connectivity index (χ4v) is 3.81. The van der Waals surface area contributed by atoms with Crippen LogP contribution in [0.4, 0.5) is 0 Å². The number of halogens is 2. The van der Waals surface area contributed by atoms with Gasteiger partial charge in [-0.15, -0.1) is 5.56 Å². The predicted molar refractivity (Wildman–Crippen MR) is 113 cm³/mol. The minimum atomic E-state index is 0. The van der Waals surface area contributed by atoms with Crippen LogP contribution in [-0.2, 0) is 50.9 Å². The van der Waals surface area contributed by atoms with Crippen molar-refractivity contribution in [2.75, 3.05) is 0 Å². The van der Waals surface area contributed by atoms with Crippen molar-refractivity contribution in [2.24, 2.45) is 0 Å². The van der Waals surface area contributed by atoms with Crippen LogP contribution in [0.1, 0.15) is 62.4 Å². The quantitative estimate of drug-likeness (QED) is 0.356. The Bertz CT molecular complexity index is 844. The van der Waals surface area contributed by atoms with E-state index in [1.54, 1.807) is 0 Å². The van der Waals surface area contributed by atoms with E-state index in [1.807, 2.05) is 6.07 Å². The maximum atomic E-state index is 3.30. The smallest absolute Gasteiger partial charge is 1.00 e. The van der Waals surface area contributed by atoms with Gasteiger partial charge in [0.1, 0.15) is 0 Å². The summed E-state index contributed by atoms with van der Waals surface area (Å²) in [6.07, 6.45) is 3.36. The molecule has 3 aromatic rings. The van der Waals surface area contributed by atoms with Crippen molar-refractivity contribution in [3.8, 4) is 11.1 Å². The summed E-state index contributed by atoms with van der Waals surface area (Å²) in [5.41, 5.74) is 10.4. The molecule has 1 aliphatic rings. The molecule has 29 heavy (non-hydrogen) atoms. The van der Waals surface area contributed by atoms with E-state index in [9.17, 15) is 0 Å². The monoisotopic (exact) mass is 502 g/mol. The van der Waals surface area contributed by atoms with Crippen molar-refractivity contribution in [3.05, 3.63) is 88.5 Å². The molecular weight excluding hydrogens is 474 g/mol. The van der Waals surface area contributed by atoms with Crippen molar-refractivity contribution in [1.82, 2.24) is 0 Å². The average Bonchev–Trinajstić information content (AvgIpc) is 3.23. The Hall–Kier alpha value is -0.747. The summed E-state index contributed by atoms with van der Waals surface area (Å²) >= 11 is 0. The van der Waals surface area contributed by atoms with Crippen LogP contribution in [0.5, 0.6) is 0 Å². The summed E-state index contributed by atoms with van der Waals surface area (Å²) in [4.78, 5) is 0. The Labute approximate surface area is 208 Å². The van der Waals surface area contributed by atoms with Crippen molar-refractivity contribution in [2.45, 2.75) is 59.3 Å². The van der Waals surface area contributed by atoms with Crippen LogP contribution in [0.2, 0.25) is 0 Å². The third-order valence-corrected chi connectivity index (χ3v) is 5.25. The Morgan fingerprint density at radius 1 is 0.931 bits per heavy atom. The molecule has 0 fully saturated rings. The summed E-state index contributed by atoms with van der Waals surface area (Å²) in [5.74, 6) is 0. The molecule has 0 bridgehead atoms. The van der Waals surface area contributed by atoms with Gasteiger partial charge in [0.05, 0.1) is 0 Å². The van der Waals surface area contributed by atoms with Gasteiger partial charge in [0.2, 0.25) is 0 Å².